The second-order valence-corrected chi connectivity index (χ2v) is 12.1. The van der Waals surface area contributed by atoms with Crippen LogP contribution >= 0.6 is 0 Å². The molecule has 6 rings (SSSR count). The maximum Gasteiger partial charge on any atom is 0.223 e. The minimum atomic E-state index is 0.00189. The Labute approximate surface area is 229 Å². The van der Waals surface area contributed by atoms with E-state index in [1.54, 1.807) is 4.68 Å². The van der Waals surface area contributed by atoms with E-state index in [-0.39, 0.29) is 17.5 Å². The Morgan fingerprint density at radius 1 is 1.03 bits per heavy atom. The Hall–Kier alpha value is -4.01. The van der Waals surface area contributed by atoms with Crippen LogP contribution in [0.5, 0.6) is 0 Å². The molecule has 9 nitrogen and oxygen atoms in total. The summed E-state index contributed by atoms with van der Waals surface area (Å²) in [6.07, 6.45) is 12.4. The lowest BCUT2D eigenvalue weighted by atomic mass is 9.91. The van der Waals surface area contributed by atoms with Crippen molar-refractivity contribution in [3.05, 3.63) is 54.7 Å². The molecule has 4 aromatic heterocycles. The van der Waals surface area contributed by atoms with Crippen LogP contribution < -0.4 is 4.90 Å². The molecule has 0 radical (unpaired) electrons. The van der Waals surface area contributed by atoms with Gasteiger partial charge < -0.3 is 9.80 Å². The van der Waals surface area contributed by atoms with Crippen molar-refractivity contribution in [2.45, 2.75) is 58.7 Å². The van der Waals surface area contributed by atoms with Gasteiger partial charge in [-0.2, -0.15) is 10.2 Å². The predicted molar refractivity (Wildman–Crippen MR) is 154 cm³/mol. The number of hydrogen-bond donors (Lipinski definition) is 0. The van der Waals surface area contributed by atoms with Crippen molar-refractivity contribution in [1.29, 1.82) is 0 Å². The Morgan fingerprint density at radius 3 is 2.41 bits per heavy atom. The van der Waals surface area contributed by atoms with E-state index < -0.39 is 0 Å². The van der Waals surface area contributed by atoms with Crippen molar-refractivity contribution in [2.24, 2.45) is 17.5 Å². The maximum atomic E-state index is 13.1. The minimum Gasteiger partial charge on any atom is -0.352 e. The Kier molecular flexibility index (Phi) is 6.24. The maximum absolute atomic E-state index is 13.1. The quantitative estimate of drug-likeness (QED) is 0.344. The van der Waals surface area contributed by atoms with Gasteiger partial charge in [-0.1, -0.05) is 20.8 Å². The average molecular weight is 525 g/mol. The predicted octanol–water partition coefficient (Wildman–Crippen LogP) is 4.61. The van der Waals surface area contributed by atoms with Crippen LogP contribution in [0.1, 0.15) is 45.6 Å². The van der Waals surface area contributed by atoms with E-state index in [4.69, 9.17) is 4.98 Å². The molecule has 2 bridgehead atoms. The standard InChI is InChI=1S/C30H36N8O/c1-30(2,3)11-28(39)38-24-7-8-25(38)19-36(18-24)27-9-6-20(13-32-27)26-10-21(23-15-33-35(5)16-23)17-37-29(26)22(12-31-4)14-34-37/h6,9-10,13-17,24-25H,4,7-8,11-12,18-19H2,1-3,5H3. The monoisotopic (exact) mass is 524 g/mol. The van der Waals surface area contributed by atoms with Gasteiger partial charge in [-0.25, -0.2) is 9.50 Å². The minimum absolute atomic E-state index is 0.00189. The number of carbonyl (C=O) groups is 1. The summed E-state index contributed by atoms with van der Waals surface area (Å²) in [5.41, 5.74) is 6.15. The van der Waals surface area contributed by atoms with E-state index in [0.717, 1.165) is 65.1 Å². The van der Waals surface area contributed by atoms with Gasteiger partial charge in [-0.15, -0.1) is 0 Å². The molecule has 202 valence electrons. The summed E-state index contributed by atoms with van der Waals surface area (Å²) in [7, 11) is 1.92. The number of aryl methyl sites for hydroxylation is 1. The molecule has 39 heavy (non-hydrogen) atoms. The topological polar surface area (TPSA) is 83.9 Å². The first-order valence-electron chi connectivity index (χ1n) is 13.6. The van der Waals surface area contributed by atoms with E-state index in [0.29, 0.717) is 18.9 Å². The van der Waals surface area contributed by atoms with Crippen molar-refractivity contribution < 1.29 is 4.79 Å². The third-order valence-electron chi connectivity index (χ3n) is 7.84. The number of amides is 1. The summed E-state index contributed by atoms with van der Waals surface area (Å²) in [5, 5.41) is 8.96. The molecule has 0 saturated carbocycles. The van der Waals surface area contributed by atoms with Crippen molar-refractivity contribution in [1.82, 2.24) is 29.3 Å². The fourth-order valence-electron chi connectivity index (χ4n) is 6.14. The molecule has 2 unspecified atom stereocenters. The lowest BCUT2D eigenvalue weighted by molar-refractivity contribution is -0.136. The molecule has 6 heterocycles. The highest BCUT2D eigenvalue weighted by Gasteiger charge is 2.43. The molecule has 0 N–H and O–H groups in total. The first-order chi connectivity index (χ1) is 18.7. The number of pyridine rings is 2. The SMILES string of the molecule is C=NCc1cnn2cc(-c3cnn(C)c3)cc(-c3ccc(N4CC5CCC(C4)N5C(=O)CC(C)(C)C)nc3)c12. The second kappa shape index (κ2) is 9.63. The highest BCUT2D eigenvalue weighted by molar-refractivity contribution is 5.86. The summed E-state index contributed by atoms with van der Waals surface area (Å²) in [6, 6.07) is 6.95. The molecule has 0 aliphatic carbocycles. The number of aliphatic imine (C=N–C) groups is 1. The van der Waals surface area contributed by atoms with Crippen LogP contribution in [0.4, 0.5) is 5.82 Å². The van der Waals surface area contributed by atoms with Crippen molar-refractivity contribution in [3.8, 4) is 22.3 Å². The molecule has 0 aromatic carbocycles. The first-order valence-corrected chi connectivity index (χ1v) is 13.6. The third-order valence-corrected chi connectivity index (χ3v) is 7.84. The van der Waals surface area contributed by atoms with Crippen LogP contribution in [0.15, 0.2) is 54.2 Å². The summed E-state index contributed by atoms with van der Waals surface area (Å²) >= 11 is 0. The zero-order valence-electron chi connectivity index (χ0n) is 23.2. The van der Waals surface area contributed by atoms with Gasteiger partial charge in [0.25, 0.3) is 0 Å². The molecule has 2 atom stereocenters. The highest BCUT2D eigenvalue weighted by atomic mass is 16.2. The Morgan fingerprint density at radius 2 is 1.79 bits per heavy atom. The second-order valence-electron chi connectivity index (χ2n) is 12.1. The molecule has 4 aromatic rings. The fourth-order valence-corrected chi connectivity index (χ4v) is 6.14. The highest BCUT2D eigenvalue weighted by Crippen LogP contribution is 2.36. The van der Waals surface area contributed by atoms with E-state index in [2.05, 4.69) is 70.7 Å². The number of aromatic nitrogens is 5. The molecule has 2 aliphatic rings. The van der Waals surface area contributed by atoms with Crippen LogP contribution in [0.2, 0.25) is 0 Å². The molecule has 9 heteroatoms. The normalized spacial score (nSPS) is 19.2. The van der Waals surface area contributed by atoms with Gasteiger partial charge in [0.05, 0.1) is 24.5 Å². The Balaban J connectivity index is 1.29. The first kappa shape index (κ1) is 25.3. The van der Waals surface area contributed by atoms with Gasteiger partial charge in [-0.3, -0.25) is 14.5 Å². The van der Waals surface area contributed by atoms with Gasteiger partial charge in [0.15, 0.2) is 0 Å². The van der Waals surface area contributed by atoms with Crippen LogP contribution in [0, 0.1) is 5.41 Å². The lowest BCUT2D eigenvalue weighted by Crippen LogP contribution is -2.56. The van der Waals surface area contributed by atoms with E-state index >= 15 is 0 Å². The lowest BCUT2D eigenvalue weighted by Gasteiger charge is -2.42. The largest absolute Gasteiger partial charge is 0.352 e. The molecule has 0 spiro atoms. The van der Waals surface area contributed by atoms with Crippen LogP contribution in [-0.2, 0) is 18.4 Å². The van der Waals surface area contributed by atoms with Crippen LogP contribution in [0.25, 0.3) is 27.8 Å². The zero-order chi connectivity index (χ0) is 27.3. The van der Waals surface area contributed by atoms with E-state index in [1.807, 2.05) is 42.5 Å². The number of rotatable bonds is 6. The van der Waals surface area contributed by atoms with Gasteiger partial charge in [-0.05, 0) is 43.2 Å². The number of nitrogens with zero attached hydrogens (tertiary/aromatic N) is 8. The van der Waals surface area contributed by atoms with Crippen molar-refractivity contribution in [3.63, 3.8) is 0 Å². The molecule has 2 saturated heterocycles. The summed E-state index contributed by atoms with van der Waals surface area (Å²) in [6.45, 7) is 12.2. The van der Waals surface area contributed by atoms with E-state index in [9.17, 15) is 4.79 Å². The molecule has 2 aliphatic heterocycles. The fraction of sp³-hybridized carbons (Fsp3) is 0.433. The van der Waals surface area contributed by atoms with Crippen LogP contribution in [-0.4, -0.2) is 67.1 Å². The van der Waals surface area contributed by atoms with Crippen molar-refractivity contribution >= 4 is 24.0 Å². The van der Waals surface area contributed by atoms with Gasteiger partial charge in [0, 0.05) is 85.0 Å². The molecular weight excluding hydrogens is 488 g/mol. The van der Waals surface area contributed by atoms with Gasteiger partial charge in [0.2, 0.25) is 5.91 Å². The smallest absolute Gasteiger partial charge is 0.223 e. The number of piperazine rings is 1. The number of anilines is 1. The van der Waals surface area contributed by atoms with Gasteiger partial charge in [0.1, 0.15) is 5.82 Å². The molecule has 2 fully saturated rings. The average Bonchev–Trinajstić information content (AvgIpc) is 3.58. The Bertz CT molecular complexity index is 1510. The number of fused-ring (bicyclic) bond motifs is 3. The third kappa shape index (κ3) is 4.82. The zero-order valence-corrected chi connectivity index (χ0v) is 23.2. The summed E-state index contributed by atoms with van der Waals surface area (Å²) < 4.78 is 3.72. The van der Waals surface area contributed by atoms with Gasteiger partial charge >= 0.3 is 0 Å². The molecular formula is C30H36N8O. The number of carbonyl (C=O) groups excluding carboxylic acids is 1. The summed E-state index contributed by atoms with van der Waals surface area (Å²) in [4.78, 5) is 26.6. The molecule has 1 amide bonds. The summed E-state index contributed by atoms with van der Waals surface area (Å²) in [5.74, 6) is 1.25. The van der Waals surface area contributed by atoms with E-state index in [1.165, 1.54) is 0 Å². The van der Waals surface area contributed by atoms with Crippen molar-refractivity contribution in [2.75, 3.05) is 18.0 Å². The van der Waals surface area contributed by atoms with Crippen LogP contribution in [0.3, 0.4) is 0 Å². The number of hydrogen-bond acceptors (Lipinski definition) is 6.